The average Bonchev–Trinajstić information content (AvgIpc) is 2.29. The van der Waals surface area contributed by atoms with Crippen molar-refractivity contribution in [3.63, 3.8) is 0 Å². The number of rotatable bonds is 4. The van der Waals surface area contributed by atoms with Crippen LogP contribution in [-0.4, -0.2) is 18.4 Å². The molecule has 0 unspecified atom stereocenters. The van der Waals surface area contributed by atoms with Crippen molar-refractivity contribution in [3.8, 4) is 0 Å². The quantitative estimate of drug-likeness (QED) is 0.196. The summed E-state index contributed by atoms with van der Waals surface area (Å²) >= 11 is 0. The normalized spacial score (nSPS) is 10.4. The van der Waals surface area contributed by atoms with Gasteiger partial charge in [0, 0.05) is 5.56 Å². The number of esters is 1. The molecule has 0 atom stereocenters. The molecule has 4 nitrogen and oxygen atoms in total. The molecule has 0 aliphatic carbocycles. The second-order valence-corrected chi connectivity index (χ2v) is 3.07. The molecule has 90 valence electrons. The van der Waals surface area contributed by atoms with Crippen molar-refractivity contribution in [3.05, 3.63) is 41.7 Å². The maximum absolute atomic E-state index is 13.2. The van der Waals surface area contributed by atoms with Gasteiger partial charge in [-0.1, -0.05) is 24.0 Å². The van der Waals surface area contributed by atoms with Crippen LogP contribution in [0.5, 0.6) is 0 Å². The van der Waals surface area contributed by atoms with Gasteiger partial charge in [0.05, 0.1) is 6.61 Å². The van der Waals surface area contributed by atoms with E-state index in [1.54, 1.807) is 0 Å². The van der Waals surface area contributed by atoms with Crippen LogP contribution in [0.2, 0.25) is 0 Å². The van der Waals surface area contributed by atoms with E-state index >= 15 is 0 Å². The summed E-state index contributed by atoms with van der Waals surface area (Å²) < 4.78 is 17.6. The smallest absolute Gasteiger partial charge is 0.872 e. The SMILES string of the molecule is CCOC(=O)C(=O)C=C([O-])c1ccccc1F.[Li+]. The van der Waals surface area contributed by atoms with E-state index in [1.807, 2.05) is 0 Å². The van der Waals surface area contributed by atoms with E-state index in [1.165, 1.54) is 25.1 Å². The zero-order valence-corrected chi connectivity index (χ0v) is 10.1. The van der Waals surface area contributed by atoms with Crippen LogP contribution in [-0.2, 0) is 14.3 Å². The van der Waals surface area contributed by atoms with E-state index < -0.39 is 23.3 Å². The topological polar surface area (TPSA) is 66.4 Å². The molecule has 0 fully saturated rings. The molecule has 0 bridgehead atoms. The fraction of sp³-hybridized carbons (Fsp3) is 0.167. The molecule has 0 saturated carbocycles. The molecule has 0 aliphatic rings. The first-order valence-electron chi connectivity index (χ1n) is 4.91. The Hall–Kier alpha value is -1.57. The molecule has 0 radical (unpaired) electrons. The molecule has 0 N–H and O–H groups in total. The van der Waals surface area contributed by atoms with Gasteiger partial charge >= 0.3 is 24.8 Å². The summed E-state index contributed by atoms with van der Waals surface area (Å²) in [7, 11) is 0. The van der Waals surface area contributed by atoms with Gasteiger partial charge in [0.15, 0.2) is 0 Å². The molecule has 1 aromatic rings. The van der Waals surface area contributed by atoms with Crippen molar-refractivity contribution in [2.24, 2.45) is 0 Å². The Labute approximate surface area is 116 Å². The minimum absolute atomic E-state index is 0. The minimum atomic E-state index is -1.13. The third kappa shape index (κ3) is 4.36. The number of carbonyl (C=O) groups excluding carboxylic acids is 2. The third-order valence-electron chi connectivity index (χ3n) is 1.88. The summed E-state index contributed by atoms with van der Waals surface area (Å²) in [4.78, 5) is 22.1. The molecule has 6 heteroatoms. The van der Waals surface area contributed by atoms with Gasteiger partial charge in [0.1, 0.15) is 5.82 Å². The van der Waals surface area contributed by atoms with Crippen molar-refractivity contribution >= 4 is 17.5 Å². The first-order chi connectivity index (χ1) is 8.06. The fourth-order valence-corrected chi connectivity index (χ4v) is 1.12. The summed E-state index contributed by atoms with van der Waals surface area (Å²) in [6.07, 6.45) is 0.524. The number of ether oxygens (including phenoxy) is 1. The summed E-state index contributed by atoms with van der Waals surface area (Å²) in [5.74, 6) is -3.83. The monoisotopic (exact) mass is 244 g/mol. The van der Waals surface area contributed by atoms with Crippen LogP contribution in [0.4, 0.5) is 4.39 Å². The molecule has 0 aliphatic heterocycles. The number of hydrogen-bond donors (Lipinski definition) is 0. The Kier molecular flexibility index (Phi) is 7.02. The number of benzene rings is 1. The van der Waals surface area contributed by atoms with E-state index in [0.29, 0.717) is 6.08 Å². The summed E-state index contributed by atoms with van der Waals surface area (Å²) in [5.41, 5.74) is -0.259. The maximum atomic E-state index is 13.2. The van der Waals surface area contributed by atoms with Crippen molar-refractivity contribution < 1.29 is 42.7 Å². The number of halogens is 1. The van der Waals surface area contributed by atoms with Crippen LogP contribution in [0, 0.1) is 5.82 Å². The molecule has 0 spiro atoms. The van der Waals surface area contributed by atoms with E-state index in [9.17, 15) is 19.1 Å². The number of ketones is 1. The third-order valence-corrected chi connectivity index (χ3v) is 1.88. The van der Waals surface area contributed by atoms with Gasteiger partial charge < -0.3 is 9.84 Å². The standard InChI is InChI=1S/C12H11FO4.Li/c1-2-17-12(16)11(15)7-10(14)8-5-3-4-6-9(8)13;/h3-7,14H,2H2,1H3;/q;+1/p-1. The molecule has 0 saturated heterocycles. The predicted molar refractivity (Wildman–Crippen MR) is 56.0 cm³/mol. The zero-order chi connectivity index (χ0) is 12.8. The molecular formula is C12H10FLiO4. The Morgan fingerprint density at radius 3 is 2.56 bits per heavy atom. The Bertz CT molecular complexity index is 471. The fourth-order valence-electron chi connectivity index (χ4n) is 1.12. The van der Waals surface area contributed by atoms with Gasteiger partial charge in [-0.15, -0.1) is 0 Å². The molecule has 0 amide bonds. The first kappa shape index (κ1) is 16.4. The largest absolute Gasteiger partial charge is 1.00 e. The predicted octanol–water partition coefficient (Wildman–Crippen LogP) is -2.34. The molecule has 1 aromatic carbocycles. The van der Waals surface area contributed by atoms with Crippen LogP contribution in [0.25, 0.3) is 5.76 Å². The summed E-state index contributed by atoms with van der Waals surface area (Å²) in [6, 6.07) is 5.20. The van der Waals surface area contributed by atoms with Crippen LogP contribution in [0.3, 0.4) is 0 Å². The van der Waals surface area contributed by atoms with Crippen molar-refractivity contribution in [1.82, 2.24) is 0 Å². The van der Waals surface area contributed by atoms with Crippen LogP contribution >= 0.6 is 0 Å². The Morgan fingerprint density at radius 1 is 1.39 bits per heavy atom. The molecule has 0 heterocycles. The zero-order valence-electron chi connectivity index (χ0n) is 10.1. The maximum Gasteiger partial charge on any atom is 1.00 e. The minimum Gasteiger partial charge on any atom is -0.872 e. The van der Waals surface area contributed by atoms with E-state index in [4.69, 9.17) is 0 Å². The van der Waals surface area contributed by atoms with Crippen molar-refractivity contribution in [2.75, 3.05) is 6.61 Å². The molecular weight excluding hydrogens is 234 g/mol. The van der Waals surface area contributed by atoms with E-state index in [-0.39, 0.29) is 31.0 Å². The average molecular weight is 244 g/mol. The number of hydrogen-bond acceptors (Lipinski definition) is 4. The van der Waals surface area contributed by atoms with Gasteiger partial charge in [-0.2, -0.15) is 0 Å². The Morgan fingerprint density at radius 2 is 2.00 bits per heavy atom. The second-order valence-electron chi connectivity index (χ2n) is 3.07. The van der Waals surface area contributed by atoms with Gasteiger partial charge in [0.2, 0.25) is 0 Å². The molecule has 0 aromatic heterocycles. The summed E-state index contributed by atoms with van der Waals surface area (Å²) in [5, 5.41) is 11.5. The van der Waals surface area contributed by atoms with Crippen molar-refractivity contribution in [2.45, 2.75) is 6.92 Å². The summed E-state index contributed by atoms with van der Waals surface area (Å²) in [6.45, 7) is 1.57. The Balaban J connectivity index is 0.00000289. The van der Waals surface area contributed by atoms with E-state index in [2.05, 4.69) is 4.74 Å². The van der Waals surface area contributed by atoms with Crippen LogP contribution < -0.4 is 24.0 Å². The first-order valence-corrected chi connectivity index (χ1v) is 4.91. The molecule has 1 rings (SSSR count). The number of carbonyl (C=O) groups is 2. The van der Waals surface area contributed by atoms with Gasteiger partial charge in [-0.05, 0) is 19.1 Å². The van der Waals surface area contributed by atoms with Crippen molar-refractivity contribution in [1.29, 1.82) is 0 Å². The van der Waals surface area contributed by atoms with E-state index in [0.717, 1.165) is 6.07 Å². The molecule has 18 heavy (non-hydrogen) atoms. The van der Waals surface area contributed by atoms with Gasteiger partial charge in [0.25, 0.3) is 5.78 Å². The second kappa shape index (κ2) is 7.70. The van der Waals surface area contributed by atoms with Crippen LogP contribution in [0.15, 0.2) is 30.3 Å². The van der Waals surface area contributed by atoms with Crippen LogP contribution in [0.1, 0.15) is 12.5 Å². The van der Waals surface area contributed by atoms with Gasteiger partial charge in [-0.25, -0.2) is 9.18 Å². The van der Waals surface area contributed by atoms with Gasteiger partial charge in [-0.3, -0.25) is 4.79 Å².